The number of aliphatic hydroxyl groups is 1. The Bertz CT molecular complexity index is 422. The molecule has 1 aromatic rings. The van der Waals surface area contributed by atoms with Crippen LogP contribution in [0, 0.1) is 0 Å². The highest BCUT2D eigenvalue weighted by atomic mass is 16.5. The topological polar surface area (TPSA) is 50.7 Å². The number of methoxy groups -OCH3 is 2. The second-order valence-corrected chi connectivity index (χ2v) is 4.73. The fourth-order valence-electron chi connectivity index (χ4n) is 2.75. The monoisotopic (exact) mass is 251 g/mol. The normalized spacial score (nSPS) is 27.2. The maximum Gasteiger partial charge on any atom is 0.161 e. The molecule has 0 radical (unpaired) electrons. The van der Waals surface area contributed by atoms with Crippen LogP contribution >= 0.6 is 0 Å². The van der Waals surface area contributed by atoms with Crippen molar-refractivity contribution in [1.82, 2.24) is 5.32 Å². The molecule has 0 amide bonds. The molecule has 1 heterocycles. The molecule has 1 aliphatic heterocycles. The molecule has 0 spiro atoms. The van der Waals surface area contributed by atoms with E-state index in [-0.39, 0.29) is 11.5 Å². The van der Waals surface area contributed by atoms with Crippen molar-refractivity contribution >= 4 is 0 Å². The highest BCUT2D eigenvalue weighted by molar-refractivity contribution is 5.46. The zero-order chi connectivity index (χ0) is 13.2. The maximum atomic E-state index is 10.2. The summed E-state index contributed by atoms with van der Waals surface area (Å²) in [5.74, 6) is 1.43. The van der Waals surface area contributed by atoms with Crippen LogP contribution in [0.15, 0.2) is 18.2 Å². The van der Waals surface area contributed by atoms with Crippen LogP contribution in [0.1, 0.15) is 18.9 Å². The quantitative estimate of drug-likeness (QED) is 0.847. The lowest BCUT2D eigenvalue weighted by Crippen LogP contribution is -2.38. The van der Waals surface area contributed by atoms with Gasteiger partial charge < -0.3 is 19.9 Å². The number of β-amino-alcohol motifs (C(OH)–C–C–N with tert-alkyl or cyclic N) is 1. The predicted molar refractivity (Wildman–Crippen MR) is 70.4 cm³/mol. The molecule has 0 aliphatic carbocycles. The first kappa shape index (κ1) is 13.2. The third kappa shape index (κ3) is 1.95. The highest BCUT2D eigenvalue weighted by Gasteiger charge is 2.42. The van der Waals surface area contributed by atoms with Gasteiger partial charge in [-0.2, -0.15) is 0 Å². The Morgan fingerprint density at radius 2 is 2.06 bits per heavy atom. The Hall–Kier alpha value is -1.26. The van der Waals surface area contributed by atoms with E-state index in [0.717, 1.165) is 18.5 Å². The lowest BCUT2D eigenvalue weighted by Gasteiger charge is -2.31. The number of nitrogens with one attached hydrogen (secondary N) is 1. The Balaban J connectivity index is 2.43. The first-order chi connectivity index (χ1) is 8.67. The van der Waals surface area contributed by atoms with Gasteiger partial charge in [0.2, 0.25) is 0 Å². The van der Waals surface area contributed by atoms with Gasteiger partial charge in [0.25, 0.3) is 0 Å². The lowest BCUT2D eigenvalue weighted by atomic mass is 9.75. The van der Waals surface area contributed by atoms with Crippen LogP contribution in [0.5, 0.6) is 11.5 Å². The minimum absolute atomic E-state index is 0.223. The first-order valence-corrected chi connectivity index (χ1v) is 6.29. The Labute approximate surface area is 108 Å². The highest BCUT2D eigenvalue weighted by Crippen LogP contribution is 2.38. The summed E-state index contributed by atoms with van der Waals surface area (Å²) >= 11 is 0. The van der Waals surface area contributed by atoms with E-state index in [9.17, 15) is 5.11 Å². The van der Waals surface area contributed by atoms with Gasteiger partial charge >= 0.3 is 0 Å². The molecular weight excluding hydrogens is 230 g/mol. The van der Waals surface area contributed by atoms with E-state index in [0.29, 0.717) is 18.0 Å². The second-order valence-electron chi connectivity index (χ2n) is 4.73. The van der Waals surface area contributed by atoms with Crippen molar-refractivity contribution in [2.24, 2.45) is 0 Å². The minimum atomic E-state index is -0.361. The molecule has 4 heteroatoms. The Morgan fingerprint density at radius 1 is 1.33 bits per heavy atom. The van der Waals surface area contributed by atoms with Gasteiger partial charge in [0.05, 0.1) is 20.3 Å². The number of hydrogen-bond acceptors (Lipinski definition) is 4. The molecule has 2 N–H and O–H groups in total. The molecule has 4 nitrogen and oxygen atoms in total. The summed E-state index contributed by atoms with van der Waals surface area (Å²) in [4.78, 5) is 0. The Kier molecular flexibility index (Phi) is 3.78. The molecule has 2 rings (SSSR count). The van der Waals surface area contributed by atoms with Gasteiger partial charge in [-0.05, 0) is 24.1 Å². The van der Waals surface area contributed by atoms with E-state index in [2.05, 4.69) is 12.2 Å². The number of benzene rings is 1. The van der Waals surface area contributed by atoms with E-state index >= 15 is 0 Å². The molecule has 0 saturated carbocycles. The molecule has 0 aromatic heterocycles. The zero-order valence-corrected chi connectivity index (χ0v) is 11.2. The van der Waals surface area contributed by atoms with Crippen LogP contribution in [0.4, 0.5) is 0 Å². The third-order valence-electron chi connectivity index (χ3n) is 4.01. The van der Waals surface area contributed by atoms with Crippen molar-refractivity contribution in [3.05, 3.63) is 23.8 Å². The van der Waals surface area contributed by atoms with Crippen molar-refractivity contribution in [2.45, 2.75) is 24.9 Å². The van der Waals surface area contributed by atoms with Gasteiger partial charge in [0.1, 0.15) is 0 Å². The van der Waals surface area contributed by atoms with Gasteiger partial charge in [0.15, 0.2) is 11.5 Å². The van der Waals surface area contributed by atoms with Crippen LogP contribution < -0.4 is 14.8 Å². The summed E-state index contributed by atoms with van der Waals surface area (Å²) in [6, 6.07) is 5.89. The van der Waals surface area contributed by atoms with Crippen molar-refractivity contribution in [2.75, 3.05) is 27.3 Å². The van der Waals surface area contributed by atoms with Crippen LogP contribution in [0.3, 0.4) is 0 Å². The molecule has 100 valence electrons. The number of hydrogen-bond donors (Lipinski definition) is 2. The molecule has 1 aliphatic rings. The molecule has 0 unspecified atom stereocenters. The molecular formula is C14H21NO3. The van der Waals surface area contributed by atoms with Crippen molar-refractivity contribution in [3.63, 3.8) is 0 Å². The van der Waals surface area contributed by atoms with Gasteiger partial charge in [-0.1, -0.05) is 13.0 Å². The average Bonchev–Trinajstić information content (AvgIpc) is 2.80. The van der Waals surface area contributed by atoms with E-state index in [1.807, 2.05) is 18.2 Å². The summed E-state index contributed by atoms with van der Waals surface area (Å²) in [6.45, 7) is 3.54. The predicted octanol–water partition coefficient (Wildman–Crippen LogP) is 1.32. The molecule has 1 aromatic carbocycles. The fraction of sp³-hybridized carbons (Fsp3) is 0.571. The summed E-state index contributed by atoms with van der Waals surface area (Å²) in [7, 11) is 3.25. The van der Waals surface area contributed by atoms with E-state index < -0.39 is 0 Å². The largest absolute Gasteiger partial charge is 0.493 e. The van der Waals surface area contributed by atoms with E-state index in [1.54, 1.807) is 14.2 Å². The van der Waals surface area contributed by atoms with Gasteiger partial charge in [-0.15, -0.1) is 0 Å². The van der Waals surface area contributed by atoms with E-state index in [1.165, 1.54) is 0 Å². The van der Waals surface area contributed by atoms with Crippen LogP contribution in [0.2, 0.25) is 0 Å². The lowest BCUT2D eigenvalue weighted by molar-refractivity contribution is 0.119. The number of rotatable bonds is 4. The zero-order valence-electron chi connectivity index (χ0n) is 11.2. The molecule has 18 heavy (non-hydrogen) atoms. The molecule has 1 fully saturated rings. The molecule has 0 bridgehead atoms. The van der Waals surface area contributed by atoms with Gasteiger partial charge in [-0.3, -0.25) is 0 Å². The summed E-state index contributed by atoms with van der Waals surface area (Å²) in [5, 5.41) is 13.5. The number of ether oxygens (including phenoxy) is 2. The van der Waals surface area contributed by atoms with Crippen LogP contribution in [-0.2, 0) is 5.41 Å². The Morgan fingerprint density at radius 3 is 2.56 bits per heavy atom. The molecule has 1 saturated heterocycles. The standard InChI is InChI=1S/C14H21NO3/c1-4-14(9-15-8-13(14)16)10-5-6-11(17-2)12(7-10)18-3/h5-7,13,15-16H,4,8-9H2,1-3H3/t13-,14+/m0/s1. The van der Waals surface area contributed by atoms with Crippen LogP contribution in [0.25, 0.3) is 0 Å². The van der Waals surface area contributed by atoms with Gasteiger partial charge in [0, 0.05) is 18.5 Å². The van der Waals surface area contributed by atoms with Crippen molar-refractivity contribution in [3.8, 4) is 11.5 Å². The average molecular weight is 251 g/mol. The summed E-state index contributed by atoms with van der Waals surface area (Å²) in [5.41, 5.74) is 0.875. The van der Waals surface area contributed by atoms with Crippen molar-refractivity contribution in [1.29, 1.82) is 0 Å². The van der Waals surface area contributed by atoms with E-state index in [4.69, 9.17) is 9.47 Å². The first-order valence-electron chi connectivity index (χ1n) is 6.29. The SMILES string of the molecule is CC[C@]1(c2ccc(OC)c(OC)c2)CNC[C@@H]1O. The van der Waals surface area contributed by atoms with Crippen molar-refractivity contribution < 1.29 is 14.6 Å². The number of aliphatic hydroxyl groups excluding tert-OH is 1. The molecule has 2 atom stereocenters. The maximum absolute atomic E-state index is 10.2. The smallest absolute Gasteiger partial charge is 0.161 e. The summed E-state index contributed by atoms with van der Waals surface area (Å²) < 4.78 is 10.6. The summed E-state index contributed by atoms with van der Waals surface area (Å²) in [6.07, 6.45) is 0.525. The van der Waals surface area contributed by atoms with Gasteiger partial charge in [-0.25, -0.2) is 0 Å². The minimum Gasteiger partial charge on any atom is -0.493 e. The second kappa shape index (κ2) is 5.16. The fourth-order valence-corrected chi connectivity index (χ4v) is 2.75. The third-order valence-corrected chi connectivity index (χ3v) is 4.01. The van der Waals surface area contributed by atoms with Crippen LogP contribution in [-0.4, -0.2) is 38.5 Å².